The molecule has 0 saturated heterocycles. The predicted molar refractivity (Wildman–Crippen MR) is 262 cm³/mol. The van der Waals surface area contributed by atoms with Crippen LogP contribution in [0.2, 0.25) is 0 Å². The molecular formula is C46H78N12O15. The lowest BCUT2D eigenvalue weighted by Gasteiger charge is -2.30. The van der Waals surface area contributed by atoms with Gasteiger partial charge >= 0.3 is 0 Å². The van der Waals surface area contributed by atoms with E-state index in [1.807, 2.05) is 0 Å². The molecule has 0 saturated carbocycles. The van der Waals surface area contributed by atoms with Crippen LogP contribution in [0.1, 0.15) is 85.1 Å². The van der Waals surface area contributed by atoms with Gasteiger partial charge in [-0.05, 0) is 76.9 Å². The quantitative estimate of drug-likeness (QED) is 0.0281. The van der Waals surface area contributed by atoms with Crippen molar-refractivity contribution in [2.24, 2.45) is 23.1 Å². The molecule has 0 aliphatic carbocycles. The molecular weight excluding hydrogens is 961 g/mol. The highest BCUT2D eigenvalue weighted by Crippen LogP contribution is 2.11. The van der Waals surface area contributed by atoms with E-state index in [9.17, 15) is 73.5 Å². The fourth-order valence-electron chi connectivity index (χ4n) is 7.02. The molecule has 0 radical (unpaired) electrons. The van der Waals surface area contributed by atoms with Crippen molar-refractivity contribution in [1.82, 2.24) is 47.9 Å². The molecule has 412 valence electrons. The van der Waals surface area contributed by atoms with Crippen molar-refractivity contribution in [2.75, 3.05) is 32.9 Å². The molecule has 10 amide bonds. The van der Waals surface area contributed by atoms with Gasteiger partial charge in [0.15, 0.2) is 0 Å². The largest absolute Gasteiger partial charge is 0.394 e. The summed E-state index contributed by atoms with van der Waals surface area (Å²) in [7, 11) is 0. The molecule has 0 aromatic heterocycles. The minimum atomic E-state index is -1.82. The summed E-state index contributed by atoms with van der Waals surface area (Å²) in [5.41, 5.74) is 17.0. The van der Waals surface area contributed by atoms with Crippen molar-refractivity contribution in [3.8, 4) is 0 Å². The number of hydrogen-bond donors (Lipinski definition) is 17. The van der Waals surface area contributed by atoms with E-state index in [4.69, 9.17) is 17.2 Å². The highest BCUT2D eigenvalue weighted by Gasteiger charge is 2.37. The van der Waals surface area contributed by atoms with Gasteiger partial charge in [-0.2, -0.15) is 0 Å². The predicted octanol–water partition coefficient (Wildman–Crippen LogP) is -6.86. The molecule has 12 atom stereocenters. The van der Waals surface area contributed by atoms with E-state index in [2.05, 4.69) is 47.9 Å². The molecule has 0 aliphatic rings. The summed E-state index contributed by atoms with van der Waals surface area (Å²) in [6.07, 6.45) is -1.39. The fourth-order valence-corrected chi connectivity index (χ4v) is 7.02. The number of carbonyl (C=O) groups is 10. The first-order chi connectivity index (χ1) is 34.5. The second kappa shape index (κ2) is 34.1. The van der Waals surface area contributed by atoms with E-state index >= 15 is 0 Å². The molecule has 1 rings (SSSR count). The van der Waals surface area contributed by atoms with E-state index < -0.39 is 151 Å². The van der Waals surface area contributed by atoms with E-state index in [-0.39, 0.29) is 32.2 Å². The Morgan fingerprint density at radius 1 is 0.479 bits per heavy atom. The summed E-state index contributed by atoms with van der Waals surface area (Å²) in [5.74, 6) is -10.2. The zero-order valence-electron chi connectivity index (χ0n) is 42.1. The van der Waals surface area contributed by atoms with Crippen molar-refractivity contribution in [1.29, 1.82) is 0 Å². The SMILES string of the molecule is CC[C@H](C)[C@H](NC(C)=O)C(=O)N[C@H](C(=O)N[C@H](C(=O)N[C@@H](Cc1ccccc1)C(=O)N[C@@H](CCCCN)C(=O)N[C@@H](CO)C(=O)N[C@@H](CO)C(=O)N[C@@H](CO)C(=O)N[C@@H](CCCCN)C(N)=O)[C@@H](C)O)[C@@H](C)O. The van der Waals surface area contributed by atoms with Gasteiger partial charge in [-0.15, -0.1) is 0 Å². The number of hydrogen-bond acceptors (Lipinski definition) is 17. The lowest BCUT2D eigenvalue weighted by atomic mass is 9.97. The van der Waals surface area contributed by atoms with Crippen LogP contribution in [0.3, 0.4) is 0 Å². The van der Waals surface area contributed by atoms with E-state index in [0.29, 0.717) is 37.8 Å². The van der Waals surface area contributed by atoms with Crippen LogP contribution < -0.4 is 65.1 Å². The smallest absolute Gasteiger partial charge is 0.245 e. The Kier molecular flexibility index (Phi) is 30.2. The number of nitrogens with one attached hydrogen (secondary N) is 9. The molecule has 0 unspecified atom stereocenters. The summed E-state index contributed by atoms with van der Waals surface area (Å²) in [6.45, 7) is 4.37. The summed E-state index contributed by atoms with van der Waals surface area (Å²) < 4.78 is 0. The molecule has 1 aromatic carbocycles. The first kappa shape index (κ1) is 64.7. The fraction of sp³-hybridized carbons (Fsp3) is 0.652. The molecule has 73 heavy (non-hydrogen) atoms. The molecule has 0 fully saturated rings. The van der Waals surface area contributed by atoms with Crippen molar-refractivity contribution >= 4 is 59.1 Å². The Morgan fingerprint density at radius 2 is 0.836 bits per heavy atom. The Morgan fingerprint density at radius 3 is 1.22 bits per heavy atom. The number of aliphatic hydroxyl groups excluding tert-OH is 5. The normalized spacial score (nSPS) is 16.1. The van der Waals surface area contributed by atoms with Gasteiger partial charge < -0.3 is 90.6 Å². The molecule has 27 nitrogen and oxygen atoms in total. The summed E-state index contributed by atoms with van der Waals surface area (Å²) in [4.78, 5) is 132. The van der Waals surface area contributed by atoms with E-state index in [0.717, 1.165) is 6.92 Å². The van der Waals surface area contributed by atoms with Crippen molar-refractivity contribution in [2.45, 2.75) is 153 Å². The molecule has 0 aliphatic heterocycles. The molecule has 20 N–H and O–H groups in total. The summed E-state index contributed by atoms with van der Waals surface area (Å²) in [6, 6.07) is -5.81. The van der Waals surface area contributed by atoms with Gasteiger partial charge in [0, 0.05) is 13.3 Å². The average molecular weight is 1040 g/mol. The monoisotopic (exact) mass is 1040 g/mol. The number of unbranched alkanes of at least 4 members (excludes halogenated alkanes) is 2. The number of carbonyl (C=O) groups excluding carboxylic acids is 10. The van der Waals surface area contributed by atoms with E-state index in [1.165, 1.54) is 13.8 Å². The number of rotatable bonds is 35. The van der Waals surface area contributed by atoms with Crippen LogP contribution in [0.15, 0.2) is 30.3 Å². The van der Waals surface area contributed by atoms with Crippen LogP contribution in [0.4, 0.5) is 0 Å². The van der Waals surface area contributed by atoms with E-state index in [1.54, 1.807) is 44.2 Å². The van der Waals surface area contributed by atoms with Crippen LogP contribution in [-0.4, -0.2) is 184 Å². The van der Waals surface area contributed by atoms with Gasteiger partial charge in [-0.1, -0.05) is 50.6 Å². The van der Waals surface area contributed by atoms with Crippen LogP contribution in [0, 0.1) is 5.92 Å². The minimum absolute atomic E-state index is 0.102. The van der Waals surface area contributed by atoms with Crippen LogP contribution >= 0.6 is 0 Å². The molecule has 0 bridgehead atoms. The maximum Gasteiger partial charge on any atom is 0.245 e. The Labute approximate surface area is 424 Å². The first-order valence-corrected chi connectivity index (χ1v) is 24.1. The highest BCUT2D eigenvalue weighted by molar-refractivity contribution is 5.98. The second-order valence-corrected chi connectivity index (χ2v) is 17.6. The number of primary amides is 1. The third kappa shape index (κ3) is 22.9. The number of aliphatic hydroxyl groups is 5. The van der Waals surface area contributed by atoms with Crippen molar-refractivity contribution < 1.29 is 73.5 Å². The number of amides is 10. The average Bonchev–Trinajstić information content (AvgIpc) is 3.34. The van der Waals surface area contributed by atoms with Gasteiger partial charge in [0.25, 0.3) is 0 Å². The number of nitrogens with two attached hydrogens (primary N) is 3. The van der Waals surface area contributed by atoms with Gasteiger partial charge in [-0.25, -0.2) is 0 Å². The topological polar surface area (TPSA) is 458 Å². The van der Waals surface area contributed by atoms with Crippen molar-refractivity contribution in [3.63, 3.8) is 0 Å². The van der Waals surface area contributed by atoms with Gasteiger partial charge in [0.1, 0.15) is 54.4 Å². The maximum absolute atomic E-state index is 14.2. The third-order valence-corrected chi connectivity index (χ3v) is 11.5. The highest BCUT2D eigenvalue weighted by atomic mass is 16.3. The van der Waals surface area contributed by atoms with Gasteiger partial charge in [-0.3, -0.25) is 47.9 Å². The zero-order chi connectivity index (χ0) is 55.4. The van der Waals surface area contributed by atoms with Gasteiger partial charge in [0.05, 0.1) is 32.0 Å². The molecule has 0 spiro atoms. The Balaban J connectivity index is 3.37. The molecule has 1 aromatic rings. The summed E-state index contributed by atoms with van der Waals surface area (Å²) in [5, 5.41) is 72.4. The first-order valence-electron chi connectivity index (χ1n) is 24.1. The molecule has 0 heterocycles. The van der Waals surface area contributed by atoms with Crippen LogP contribution in [-0.2, 0) is 54.4 Å². The second-order valence-electron chi connectivity index (χ2n) is 17.6. The standard InChI is InChI=1S/C46H78N12O15/c1-6-24(2)35(50-27(5)64)44(71)57-37(26(4)63)46(73)58-36(25(3)62)45(72)53-31(20-28-14-8-7-9-15-28)40(67)52-30(17-11-13-19-48)39(66)54-33(22-60)42(69)56-34(23-61)43(70)55-32(21-59)41(68)51-29(38(49)65)16-10-12-18-47/h7-9,14-15,24-26,29-37,59-63H,6,10-13,16-23,47-48H2,1-5H3,(H2,49,65)(H,50,64)(H,51,68)(H,52,67)(H,53,72)(H,54,66)(H,55,70)(H,56,69)(H,57,71)(H,58,73)/t24-,25+,26+,29-,30-,31-,32-,33-,34-,35-,36-,37-/m0/s1. The van der Waals surface area contributed by atoms with Crippen molar-refractivity contribution in [3.05, 3.63) is 35.9 Å². The third-order valence-electron chi connectivity index (χ3n) is 11.5. The Hall–Kier alpha value is -6.36. The lowest BCUT2D eigenvalue weighted by Crippen LogP contribution is -2.63. The minimum Gasteiger partial charge on any atom is -0.394 e. The summed E-state index contributed by atoms with van der Waals surface area (Å²) >= 11 is 0. The zero-order valence-corrected chi connectivity index (χ0v) is 42.1. The lowest BCUT2D eigenvalue weighted by molar-refractivity contribution is -0.138. The molecule has 27 heteroatoms. The maximum atomic E-state index is 14.2. The van der Waals surface area contributed by atoms with Crippen LogP contribution in [0.5, 0.6) is 0 Å². The Bertz CT molecular complexity index is 1960. The van der Waals surface area contributed by atoms with Gasteiger partial charge in [0.2, 0.25) is 59.1 Å². The number of benzene rings is 1. The van der Waals surface area contributed by atoms with Crippen LogP contribution in [0.25, 0.3) is 0 Å².